The fourth-order valence-electron chi connectivity index (χ4n) is 2.46. The van der Waals surface area contributed by atoms with Crippen LogP contribution in [-0.4, -0.2) is 0 Å². The van der Waals surface area contributed by atoms with Crippen molar-refractivity contribution in [3.8, 4) is 11.5 Å². The topological polar surface area (TPSA) is 9.23 Å². The largest absolute Gasteiger partial charge is 0.456 e. The third-order valence-corrected chi connectivity index (χ3v) is 4.26. The highest BCUT2D eigenvalue weighted by molar-refractivity contribution is 9.10. The predicted octanol–water partition coefficient (Wildman–Crippen LogP) is 5.53. The first-order chi connectivity index (χ1) is 8.50. The van der Waals surface area contributed by atoms with Crippen molar-refractivity contribution in [2.75, 3.05) is 0 Å². The molecule has 0 radical (unpaired) electrons. The zero-order chi connectivity index (χ0) is 12.9. The van der Waals surface area contributed by atoms with Gasteiger partial charge in [0.1, 0.15) is 11.5 Å². The molecule has 0 atom stereocenters. The van der Waals surface area contributed by atoms with Crippen molar-refractivity contribution >= 4 is 27.5 Å². The van der Waals surface area contributed by atoms with Gasteiger partial charge in [0.05, 0.1) is 4.47 Å². The summed E-state index contributed by atoms with van der Waals surface area (Å²) in [5.74, 6) is 1.78. The molecule has 3 heteroatoms. The van der Waals surface area contributed by atoms with Gasteiger partial charge in [-0.2, -0.15) is 0 Å². The van der Waals surface area contributed by atoms with E-state index in [0.29, 0.717) is 0 Å². The summed E-state index contributed by atoms with van der Waals surface area (Å²) in [6.45, 7) is 4.38. The van der Waals surface area contributed by atoms with Crippen LogP contribution in [0.3, 0.4) is 0 Å². The third kappa shape index (κ3) is 1.67. The van der Waals surface area contributed by atoms with Gasteiger partial charge in [-0.1, -0.05) is 43.6 Å². The molecule has 0 aromatic heterocycles. The lowest BCUT2D eigenvalue weighted by atomic mass is 9.76. The molecule has 0 N–H and O–H groups in total. The summed E-state index contributed by atoms with van der Waals surface area (Å²) >= 11 is 9.68. The van der Waals surface area contributed by atoms with Crippen LogP contribution in [0.2, 0.25) is 5.02 Å². The number of hydrogen-bond donors (Lipinski definition) is 0. The number of benzene rings is 2. The van der Waals surface area contributed by atoms with Crippen molar-refractivity contribution in [3.63, 3.8) is 0 Å². The van der Waals surface area contributed by atoms with E-state index in [9.17, 15) is 0 Å². The van der Waals surface area contributed by atoms with E-state index in [1.807, 2.05) is 30.3 Å². The summed E-state index contributed by atoms with van der Waals surface area (Å²) in [5.41, 5.74) is 2.18. The Bertz CT molecular complexity index is 634. The van der Waals surface area contributed by atoms with E-state index < -0.39 is 0 Å². The molecule has 0 amide bonds. The molecular weight excluding hydrogens is 312 g/mol. The Morgan fingerprint density at radius 2 is 1.83 bits per heavy atom. The minimum Gasteiger partial charge on any atom is -0.456 e. The van der Waals surface area contributed by atoms with Crippen LogP contribution in [-0.2, 0) is 5.41 Å². The Morgan fingerprint density at radius 1 is 1.11 bits per heavy atom. The molecule has 92 valence electrons. The number of rotatable bonds is 0. The first-order valence-corrected chi connectivity index (χ1v) is 6.94. The fourth-order valence-corrected chi connectivity index (χ4v) is 3.35. The summed E-state index contributed by atoms with van der Waals surface area (Å²) < 4.78 is 6.89. The van der Waals surface area contributed by atoms with Gasteiger partial charge in [-0.05, 0) is 34.1 Å². The van der Waals surface area contributed by atoms with Gasteiger partial charge in [0.15, 0.2) is 0 Å². The Kier molecular flexibility index (Phi) is 2.68. The molecule has 18 heavy (non-hydrogen) atoms. The van der Waals surface area contributed by atoms with Crippen molar-refractivity contribution in [2.24, 2.45) is 0 Å². The maximum Gasteiger partial charge on any atom is 0.145 e. The van der Waals surface area contributed by atoms with Crippen LogP contribution < -0.4 is 4.74 Å². The van der Waals surface area contributed by atoms with Gasteiger partial charge >= 0.3 is 0 Å². The van der Waals surface area contributed by atoms with E-state index >= 15 is 0 Å². The minimum absolute atomic E-state index is 0.113. The lowest BCUT2D eigenvalue weighted by Gasteiger charge is -2.35. The van der Waals surface area contributed by atoms with Crippen LogP contribution in [0.4, 0.5) is 0 Å². The van der Waals surface area contributed by atoms with Crippen LogP contribution in [0.5, 0.6) is 11.5 Å². The molecule has 2 aromatic carbocycles. The van der Waals surface area contributed by atoms with Crippen LogP contribution in [0.15, 0.2) is 40.9 Å². The van der Waals surface area contributed by atoms with Crippen LogP contribution >= 0.6 is 27.5 Å². The van der Waals surface area contributed by atoms with E-state index in [2.05, 4.69) is 35.8 Å². The second-order valence-electron chi connectivity index (χ2n) is 4.99. The first-order valence-electron chi connectivity index (χ1n) is 5.77. The van der Waals surface area contributed by atoms with Crippen LogP contribution in [0.1, 0.15) is 25.0 Å². The molecule has 1 aliphatic heterocycles. The average molecular weight is 324 g/mol. The maximum atomic E-state index is 6.15. The number of halogens is 2. The Morgan fingerprint density at radius 3 is 2.61 bits per heavy atom. The zero-order valence-electron chi connectivity index (χ0n) is 10.1. The number of para-hydroxylation sites is 1. The van der Waals surface area contributed by atoms with Gasteiger partial charge in [-0.15, -0.1) is 0 Å². The highest BCUT2D eigenvalue weighted by Crippen LogP contribution is 2.50. The normalized spacial score (nSPS) is 15.6. The summed E-state index contributed by atoms with van der Waals surface area (Å²) in [6, 6.07) is 12.0. The van der Waals surface area contributed by atoms with E-state index in [0.717, 1.165) is 26.6 Å². The number of ether oxygens (including phenoxy) is 1. The van der Waals surface area contributed by atoms with E-state index in [-0.39, 0.29) is 5.41 Å². The molecule has 0 aliphatic carbocycles. The molecule has 0 unspecified atom stereocenters. The van der Waals surface area contributed by atoms with Crippen LogP contribution in [0.25, 0.3) is 0 Å². The molecule has 0 fully saturated rings. The maximum absolute atomic E-state index is 6.15. The second kappa shape index (κ2) is 4.01. The molecular formula is C15H12BrClO. The van der Waals surface area contributed by atoms with Crippen molar-refractivity contribution in [1.29, 1.82) is 0 Å². The van der Waals surface area contributed by atoms with E-state index in [1.54, 1.807) is 0 Å². The number of fused-ring (bicyclic) bond motifs is 2. The quantitative estimate of drug-likeness (QED) is 0.619. The molecule has 1 nitrogen and oxygen atoms in total. The van der Waals surface area contributed by atoms with E-state index in [4.69, 9.17) is 16.3 Å². The second-order valence-corrected chi connectivity index (χ2v) is 6.28. The minimum atomic E-state index is -0.113. The average Bonchev–Trinajstić information content (AvgIpc) is 2.31. The summed E-state index contributed by atoms with van der Waals surface area (Å²) in [5, 5.41) is 0.719. The summed E-state index contributed by atoms with van der Waals surface area (Å²) in [6.07, 6.45) is 0. The molecule has 0 saturated carbocycles. The van der Waals surface area contributed by atoms with Gasteiger partial charge in [-0.25, -0.2) is 0 Å². The molecule has 1 aliphatic rings. The number of hydrogen-bond acceptors (Lipinski definition) is 1. The lowest BCUT2D eigenvalue weighted by molar-refractivity contribution is 0.415. The molecule has 2 aromatic rings. The summed E-state index contributed by atoms with van der Waals surface area (Å²) in [4.78, 5) is 0. The molecule has 0 bridgehead atoms. The van der Waals surface area contributed by atoms with Gasteiger partial charge in [0, 0.05) is 21.6 Å². The Labute approximate surface area is 120 Å². The molecule has 1 heterocycles. The smallest absolute Gasteiger partial charge is 0.145 e. The van der Waals surface area contributed by atoms with Crippen molar-refractivity contribution in [1.82, 2.24) is 0 Å². The summed E-state index contributed by atoms with van der Waals surface area (Å²) in [7, 11) is 0. The third-order valence-electron chi connectivity index (χ3n) is 3.45. The van der Waals surface area contributed by atoms with Gasteiger partial charge < -0.3 is 4.74 Å². The SMILES string of the molecule is CC1(C)c2ccccc2Oc2c(Br)cc(Cl)cc21. The van der Waals surface area contributed by atoms with Crippen molar-refractivity contribution in [3.05, 3.63) is 57.0 Å². The Balaban J connectivity index is 2.31. The lowest BCUT2D eigenvalue weighted by Crippen LogP contribution is -2.24. The molecule has 0 saturated heterocycles. The molecule has 3 rings (SSSR count). The van der Waals surface area contributed by atoms with Gasteiger partial charge in [0.25, 0.3) is 0 Å². The van der Waals surface area contributed by atoms with Crippen LogP contribution in [0, 0.1) is 0 Å². The van der Waals surface area contributed by atoms with Gasteiger partial charge in [0.2, 0.25) is 0 Å². The van der Waals surface area contributed by atoms with E-state index in [1.165, 1.54) is 5.56 Å². The predicted molar refractivity (Wildman–Crippen MR) is 77.8 cm³/mol. The first kappa shape index (κ1) is 12.1. The molecule has 0 spiro atoms. The van der Waals surface area contributed by atoms with Crippen molar-refractivity contribution in [2.45, 2.75) is 19.3 Å². The fraction of sp³-hybridized carbons (Fsp3) is 0.200. The van der Waals surface area contributed by atoms with Crippen molar-refractivity contribution < 1.29 is 4.74 Å². The highest BCUT2D eigenvalue weighted by Gasteiger charge is 2.35. The monoisotopic (exact) mass is 322 g/mol. The highest BCUT2D eigenvalue weighted by atomic mass is 79.9. The Hall–Kier alpha value is -0.990. The van der Waals surface area contributed by atoms with Gasteiger partial charge in [-0.3, -0.25) is 0 Å². The standard InChI is InChI=1S/C15H12BrClO/c1-15(2)10-5-3-4-6-13(10)18-14-11(15)7-9(17)8-12(14)16/h3-8H,1-2H3. The zero-order valence-corrected chi connectivity index (χ0v) is 12.5.